The number of amides is 1. The monoisotopic (exact) mass is 254 g/mol. The van der Waals surface area contributed by atoms with Gasteiger partial charge in [0.15, 0.2) is 0 Å². The van der Waals surface area contributed by atoms with Gasteiger partial charge in [-0.1, -0.05) is 0 Å². The first-order valence-corrected chi connectivity index (χ1v) is 4.57. The fourth-order valence-corrected chi connectivity index (χ4v) is 0.806. The van der Waals surface area contributed by atoms with Gasteiger partial charge in [-0.15, -0.1) is 12.4 Å². The molecule has 0 aromatic rings. The Hall–Kier alpha value is -1.01. The van der Waals surface area contributed by atoms with Crippen LogP contribution in [-0.4, -0.2) is 37.4 Å². The number of alkyl carbamates (subject to hydrolysis) is 1. The third-order valence-electron chi connectivity index (χ3n) is 1.41. The van der Waals surface area contributed by atoms with Crippen LogP contribution in [0, 0.1) is 0 Å². The summed E-state index contributed by atoms with van der Waals surface area (Å²) in [6.07, 6.45) is -0.691. The Balaban J connectivity index is 0. The first kappa shape index (κ1) is 17.4. The highest BCUT2D eigenvalue weighted by Gasteiger charge is 2.23. The van der Waals surface area contributed by atoms with E-state index in [1.807, 2.05) is 0 Å². The van der Waals surface area contributed by atoms with Gasteiger partial charge < -0.3 is 20.5 Å². The fraction of sp³-hybridized carbons (Fsp3) is 0.778. The van der Waals surface area contributed by atoms with E-state index in [1.165, 1.54) is 7.11 Å². The van der Waals surface area contributed by atoms with Crippen molar-refractivity contribution in [1.82, 2.24) is 5.32 Å². The zero-order valence-corrected chi connectivity index (χ0v) is 10.7. The topological polar surface area (TPSA) is 90.6 Å². The number of rotatable bonds is 3. The molecule has 0 aliphatic heterocycles. The van der Waals surface area contributed by atoms with Gasteiger partial charge in [0.25, 0.3) is 0 Å². The summed E-state index contributed by atoms with van der Waals surface area (Å²) in [6.45, 7) is 5.14. The summed E-state index contributed by atoms with van der Waals surface area (Å²) in [7, 11) is 1.22. The van der Waals surface area contributed by atoms with Crippen LogP contribution in [0.25, 0.3) is 0 Å². The number of ether oxygens (including phenoxy) is 2. The minimum atomic E-state index is -0.871. The summed E-state index contributed by atoms with van der Waals surface area (Å²) in [6, 6.07) is -0.871. The van der Waals surface area contributed by atoms with Gasteiger partial charge in [0.1, 0.15) is 11.6 Å². The zero-order valence-electron chi connectivity index (χ0n) is 9.90. The highest BCUT2D eigenvalue weighted by atomic mass is 35.5. The Bertz CT molecular complexity index is 240. The number of hydrogen-bond acceptors (Lipinski definition) is 5. The van der Waals surface area contributed by atoms with Gasteiger partial charge >= 0.3 is 12.1 Å². The number of halogens is 1. The number of methoxy groups -OCH3 is 1. The smallest absolute Gasteiger partial charge is 0.408 e. The minimum Gasteiger partial charge on any atom is -0.467 e. The predicted molar refractivity (Wildman–Crippen MR) is 61.5 cm³/mol. The van der Waals surface area contributed by atoms with Crippen molar-refractivity contribution < 1.29 is 19.1 Å². The number of carbonyl (C=O) groups excluding carboxylic acids is 2. The van der Waals surface area contributed by atoms with Crippen molar-refractivity contribution in [2.24, 2.45) is 5.73 Å². The second-order valence-corrected chi connectivity index (χ2v) is 3.96. The second-order valence-electron chi connectivity index (χ2n) is 3.96. The van der Waals surface area contributed by atoms with Crippen LogP contribution in [0.1, 0.15) is 20.8 Å². The molecule has 0 radical (unpaired) electrons. The lowest BCUT2D eigenvalue weighted by Gasteiger charge is -2.21. The van der Waals surface area contributed by atoms with E-state index in [2.05, 4.69) is 10.1 Å². The number of hydrogen-bond donors (Lipinski definition) is 2. The lowest BCUT2D eigenvalue weighted by atomic mass is 10.2. The van der Waals surface area contributed by atoms with E-state index in [9.17, 15) is 9.59 Å². The van der Waals surface area contributed by atoms with Crippen LogP contribution in [0.3, 0.4) is 0 Å². The summed E-state index contributed by atoms with van der Waals surface area (Å²) < 4.78 is 9.40. The molecule has 0 spiro atoms. The molecule has 0 rings (SSSR count). The molecule has 0 aromatic heterocycles. The standard InChI is InChI=1S/C9H18N2O4.ClH/c1-9(2,3)15-8(13)11-6(5-10)7(12)14-4;/h6H,5,10H2,1-4H3,(H,11,13);1H/t6-;/m0./s1. The van der Waals surface area contributed by atoms with Crippen molar-refractivity contribution in [2.75, 3.05) is 13.7 Å². The van der Waals surface area contributed by atoms with Gasteiger partial charge in [-0.05, 0) is 20.8 Å². The molecule has 96 valence electrons. The van der Waals surface area contributed by atoms with Crippen LogP contribution in [0.15, 0.2) is 0 Å². The van der Waals surface area contributed by atoms with Gasteiger partial charge in [0.05, 0.1) is 7.11 Å². The number of carbonyl (C=O) groups is 2. The Morgan fingerprint density at radius 2 is 1.88 bits per heavy atom. The highest BCUT2D eigenvalue weighted by Crippen LogP contribution is 2.06. The quantitative estimate of drug-likeness (QED) is 0.713. The zero-order chi connectivity index (χ0) is 12.1. The van der Waals surface area contributed by atoms with Crippen LogP contribution in [0.2, 0.25) is 0 Å². The lowest BCUT2D eigenvalue weighted by molar-refractivity contribution is -0.142. The Morgan fingerprint density at radius 3 is 2.19 bits per heavy atom. The normalized spacial score (nSPS) is 12.1. The summed E-state index contributed by atoms with van der Waals surface area (Å²) in [5, 5.41) is 2.31. The third kappa shape index (κ3) is 7.30. The van der Waals surface area contributed by atoms with Gasteiger partial charge in [-0.2, -0.15) is 0 Å². The average molecular weight is 255 g/mol. The summed E-state index contributed by atoms with van der Waals surface area (Å²) in [5.74, 6) is -0.594. The first-order valence-electron chi connectivity index (χ1n) is 4.57. The molecule has 0 saturated carbocycles. The molecule has 1 amide bonds. The molecule has 0 bridgehead atoms. The van der Waals surface area contributed by atoms with E-state index in [4.69, 9.17) is 10.5 Å². The molecule has 0 unspecified atom stereocenters. The summed E-state index contributed by atoms with van der Waals surface area (Å²) >= 11 is 0. The molecule has 0 aliphatic rings. The number of nitrogens with two attached hydrogens (primary N) is 1. The molecule has 1 atom stereocenters. The van der Waals surface area contributed by atoms with Crippen molar-refractivity contribution >= 4 is 24.5 Å². The molecule has 0 aromatic carbocycles. The van der Waals surface area contributed by atoms with E-state index >= 15 is 0 Å². The van der Waals surface area contributed by atoms with Gasteiger partial charge in [-0.3, -0.25) is 0 Å². The Morgan fingerprint density at radius 1 is 1.38 bits per heavy atom. The van der Waals surface area contributed by atoms with E-state index in [0.29, 0.717) is 0 Å². The molecule has 0 saturated heterocycles. The Labute approximate surface area is 101 Å². The van der Waals surface area contributed by atoms with Crippen molar-refractivity contribution in [2.45, 2.75) is 32.4 Å². The summed E-state index contributed by atoms with van der Waals surface area (Å²) in [4.78, 5) is 22.3. The molecular formula is C9H19ClN2O4. The fourth-order valence-electron chi connectivity index (χ4n) is 0.806. The molecule has 0 heterocycles. The SMILES string of the molecule is COC(=O)[C@H](CN)NC(=O)OC(C)(C)C.Cl. The van der Waals surface area contributed by atoms with Crippen LogP contribution in [-0.2, 0) is 14.3 Å². The molecule has 0 aliphatic carbocycles. The summed E-state index contributed by atoms with van der Waals surface area (Å²) in [5.41, 5.74) is 4.68. The molecule has 6 nitrogen and oxygen atoms in total. The van der Waals surface area contributed by atoms with Crippen LogP contribution in [0.5, 0.6) is 0 Å². The van der Waals surface area contributed by atoms with E-state index < -0.39 is 23.7 Å². The van der Waals surface area contributed by atoms with Crippen LogP contribution >= 0.6 is 12.4 Å². The largest absolute Gasteiger partial charge is 0.467 e. The lowest BCUT2D eigenvalue weighted by Crippen LogP contribution is -2.48. The van der Waals surface area contributed by atoms with Crippen molar-refractivity contribution in [3.63, 3.8) is 0 Å². The second kappa shape index (κ2) is 7.29. The van der Waals surface area contributed by atoms with E-state index in [-0.39, 0.29) is 19.0 Å². The molecule has 16 heavy (non-hydrogen) atoms. The third-order valence-corrected chi connectivity index (χ3v) is 1.41. The number of nitrogens with one attached hydrogen (secondary N) is 1. The predicted octanol–water partition coefficient (Wildman–Crippen LogP) is 0.433. The van der Waals surface area contributed by atoms with E-state index in [0.717, 1.165) is 0 Å². The van der Waals surface area contributed by atoms with Crippen molar-refractivity contribution in [3.05, 3.63) is 0 Å². The first-order chi connectivity index (χ1) is 6.80. The van der Waals surface area contributed by atoms with Gasteiger partial charge in [0.2, 0.25) is 0 Å². The molecule has 7 heteroatoms. The van der Waals surface area contributed by atoms with Crippen molar-refractivity contribution in [1.29, 1.82) is 0 Å². The maximum Gasteiger partial charge on any atom is 0.408 e. The maximum atomic E-state index is 11.3. The van der Waals surface area contributed by atoms with Crippen LogP contribution in [0.4, 0.5) is 4.79 Å². The molecule has 0 fully saturated rings. The van der Waals surface area contributed by atoms with E-state index in [1.54, 1.807) is 20.8 Å². The van der Waals surface area contributed by atoms with Gasteiger partial charge in [0, 0.05) is 6.54 Å². The maximum absolute atomic E-state index is 11.3. The number of esters is 1. The van der Waals surface area contributed by atoms with Crippen LogP contribution < -0.4 is 11.1 Å². The molecular weight excluding hydrogens is 236 g/mol. The Kier molecular flexibility index (Phi) is 7.93. The molecule has 3 N–H and O–H groups in total. The minimum absolute atomic E-state index is 0. The van der Waals surface area contributed by atoms with Gasteiger partial charge in [-0.25, -0.2) is 9.59 Å². The highest BCUT2D eigenvalue weighted by molar-refractivity contribution is 5.85. The van der Waals surface area contributed by atoms with Crippen molar-refractivity contribution in [3.8, 4) is 0 Å². The average Bonchev–Trinajstić information content (AvgIpc) is 2.10.